The van der Waals surface area contributed by atoms with Gasteiger partial charge in [-0.15, -0.1) is 0 Å². The quantitative estimate of drug-likeness (QED) is 0.335. The zero-order valence-corrected chi connectivity index (χ0v) is 25.9. The number of piperidine rings is 1. The molecule has 0 aliphatic carbocycles. The summed E-state index contributed by atoms with van der Waals surface area (Å²) in [6, 6.07) is 17.6. The predicted octanol–water partition coefficient (Wildman–Crippen LogP) is 4.48. The molecule has 2 aromatic carbocycles. The van der Waals surface area contributed by atoms with E-state index in [1.807, 2.05) is 56.3 Å². The Bertz CT molecular complexity index is 1220. The summed E-state index contributed by atoms with van der Waals surface area (Å²) in [5.74, 6) is -0.0142. The van der Waals surface area contributed by atoms with Crippen LogP contribution in [0.4, 0.5) is 10.5 Å². The number of hydrogen-bond donors (Lipinski definition) is 2. The largest absolute Gasteiger partial charge is 0.445 e. The van der Waals surface area contributed by atoms with E-state index in [0.717, 1.165) is 31.5 Å². The number of unbranched alkanes of at least 4 members (excludes halogenated alkanes) is 1. The Morgan fingerprint density at radius 1 is 1.05 bits per heavy atom. The van der Waals surface area contributed by atoms with E-state index in [1.54, 1.807) is 0 Å². The van der Waals surface area contributed by atoms with Gasteiger partial charge in [0.05, 0.1) is 0 Å². The van der Waals surface area contributed by atoms with Gasteiger partial charge in [-0.05, 0) is 74.4 Å². The Kier molecular flexibility index (Phi) is 11.5. The molecule has 0 saturated carbocycles. The van der Waals surface area contributed by atoms with E-state index in [2.05, 4.69) is 57.0 Å². The molecule has 0 aromatic heterocycles. The van der Waals surface area contributed by atoms with Gasteiger partial charge < -0.3 is 30.1 Å². The number of amides is 3. The number of nitrogens with zero attached hydrogens (tertiary/aromatic N) is 3. The molecule has 0 bridgehead atoms. The molecule has 2 aromatic rings. The summed E-state index contributed by atoms with van der Waals surface area (Å²) in [6.45, 7) is 4.77. The molecule has 9 heteroatoms. The van der Waals surface area contributed by atoms with Crippen LogP contribution in [0.3, 0.4) is 0 Å². The highest BCUT2D eigenvalue weighted by atomic mass is 16.5. The number of likely N-dealkylation sites (tertiary alicyclic amines) is 1. The van der Waals surface area contributed by atoms with Crippen molar-refractivity contribution in [3.8, 4) is 0 Å². The van der Waals surface area contributed by atoms with Crippen molar-refractivity contribution in [3.05, 3.63) is 78.0 Å². The molecule has 43 heavy (non-hydrogen) atoms. The number of nitrogens with one attached hydrogen (secondary N) is 2. The van der Waals surface area contributed by atoms with Crippen molar-refractivity contribution in [2.45, 2.75) is 70.1 Å². The fourth-order valence-electron chi connectivity index (χ4n) is 5.87. The number of alkyl carbamates (subject to hydrolysis) is 1. The van der Waals surface area contributed by atoms with Gasteiger partial charge >= 0.3 is 6.09 Å². The highest BCUT2D eigenvalue weighted by Crippen LogP contribution is 2.34. The van der Waals surface area contributed by atoms with Gasteiger partial charge in [-0.25, -0.2) is 4.79 Å². The molecular weight excluding hydrogens is 542 g/mol. The number of rotatable bonds is 13. The zero-order valence-electron chi connectivity index (χ0n) is 25.9. The van der Waals surface area contributed by atoms with Crippen LogP contribution in [0.15, 0.2) is 66.9 Å². The monoisotopic (exact) mass is 589 g/mol. The lowest BCUT2D eigenvalue weighted by atomic mass is 9.81. The number of ether oxygens (including phenoxy) is 1. The number of benzene rings is 2. The molecule has 2 aliphatic rings. The first-order valence-electron chi connectivity index (χ1n) is 15.6. The SMILES string of the molecule is CCCN1C(=O)[C@H](CCCCNC(=O)OCc2ccccc2)NC(=O)C12CCN(/C=C/Cc1ccc(N(C)C)cc1)CC2. The van der Waals surface area contributed by atoms with Crippen molar-refractivity contribution in [2.75, 3.05) is 45.2 Å². The van der Waals surface area contributed by atoms with Crippen molar-refractivity contribution in [3.63, 3.8) is 0 Å². The second-order valence-electron chi connectivity index (χ2n) is 11.7. The van der Waals surface area contributed by atoms with Crippen molar-refractivity contribution in [1.82, 2.24) is 20.4 Å². The highest BCUT2D eigenvalue weighted by molar-refractivity contribution is 6.00. The summed E-state index contributed by atoms with van der Waals surface area (Å²) in [6.07, 6.45) is 8.69. The number of hydrogen-bond acceptors (Lipinski definition) is 6. The van der Waals surface area contributed by atoms with E-state index in [0.29, 0.717) is 45.2 Å². The van der Waals surface area contributed by atoms with Crippen LogP contribution >= 0.6 is 0 Å². The van der Waals surface area contributed by atoms with Crippen LogP contribution in [0.5, 0.6) is 0 Å². The predicted molar refractivity (Wildman–Crippen MR) is 170 cm³/mol. The Balaban J connectivity index is 1.21. The van der Waals surface area contributed by atoms with Gasteiger partial charge in [0.15, 0.2) is 0 Å². The minimum absolute atomic E-state index is 0.0156. The highest BCUT2D eigenvalue weighted by Gasteiger charge is 2.52. The molecule has 4 rings (SSSR count). The van der Waals surface area contributed by atoms with Gasteiger partial charge in [0.25, 0.3) is 0 Å². The van der Waals surface area contributed by atoms with Crippen molar-refractivity contribution in [2.24, 2.45) is 0 Å². The van der Waals surface area contributed by atoms with Gasteiger partial charge in [0.1, 0.15) is 18.2 Å². The third-order valence-corrected chi connectivity index (χ3v) is 8.41. The Morgan fingerprint density at radius 3 is 2.44 bits per heavy atom. The second kappa shape index (κ2) is 15.5. The molecule has 2 heterocycles. The molecular formula is C34H47N5O4. The maximum Gasteiger partial charge on any atom is 0.407 e. The molecule has 1 atom stereocenters. The fourth-order valence-corrected chi connectivity index (χ4v) is 5.87. The first kappa shape index (κ1) is 31.9. The van der Waals surface area contributed by atoms with E-state index in [4.69, 9.17) is 4.74 Å². The topological polar surface area (TPSA) is 94.2 Å². The van der Waals surface area contributed by atoms with E-state index >= 15 is 0 Å². The molecule has 1 spiro atoms. The number of anilines is 1. The van der Waals surface area contributed by atoms with Crippen LogP contribution in [0.2, 0.25) is 0 Å². The first-order valence-corrected chi connectivity index (χ1v) is 15.6. The number of carbonyl (C=O) groups excluding carboxylic acids is 3. The molecule has 0 radical (unpaired) electrons. The summed E-state index contributed by atoms with van der Waals surface area (Å²) in [5.41, 5.74) is 2.59. The van der Waals surface area contributed by atoms with Gasteiger partial charge in [-0.1, -0.05) is 55.5 Å². The average molecular weight is 590 g/mol. The maximum atomic E-state index is 13.6. The Hall–Kier alpha value is -4.01. The number of piperazine rings is 1. The van der Waals surface area contributed by atoms with Crippen molar-refractivity contribution >= 4 is 23.6 Å². The van der Waals surface area contributed by atoms with E-state index in [9.17, 15) is 14.4 Å². The van der Waals surface area contributed by atoms with Gasteiger partial charge in [-0.3, -0.25) is 9.59 Å². The van der Waals surface area contributed by atoms with Gasteiger partial charge in [0.2, 0.25) is 11.8 Å². The zero-order chi connectivity index (χ0) is 30.7. The summed E-state index contributed by atoms with van der Waals surface area (Å²) < 4.78 is 5.24. The molecule has 2 fully saturated rings. The minimum Gasteiger partial charge on any atom is -0.445 e. The fraction of sp³-hybridized carbons (Fsp3) is 0.500. The summed E-state index contributed by atoms with van der Waals surface area (Å²) in [4.78, 5) is 45.3. The van der Waals surface area contributed by atoms with E-state index in [1.165, 1.54) is 11.3 Å². The minimum atomic E-state index is -0.778. The number of allylic oxidation sites excluding steroid dienone is 1. The van der Waals surface area contributed by atoms with Gasteiger partial charge in [0, 0.05) is 46.0 Å². The van der Waals surface area contributed by atoms with Gasteiger partial charge in [-0.2, -0.15) is 0 Å². The van der Waals surface area contributed by atoms with E-state index < -0.39 is 17.7 Å². The van der Waals surface area contributed by atoms with Crippen LogP contribution in [0.25, 0.3) is 0 Å². The van der Waals surface area contributed by atoms with Crippen molar-refractivity contribution in [1.29, 1.82) is 0 Å². The third kappa shape index (κ3) is 8.52. The molecule has 3 amide bonds. The Morgan fingerprint density at radius 2 is 1.77 bits per heavy atom. The lowest BCUT2D eigenvalue weighted by Crippen LogP contribution is -2.72. The van der Waals surface area contributed by atoms with Crippen molar-refractivity contribution < 1.29 is 19.1 Å². The normalized spacial score (nSPS) is 18.2. The molecule has 232 valence electrons. The first-order chi connectivity index (χ1) is 20.8. The summed E-state index contributed by atoms with van der Waals surface area (Å²) >= 11 is 0. The molecule has 2 aliphatic heterocycles. The smallest absolute Gasteiger partial charge is 0.407 e. The molecule has 0 unspecified atom stereocenters. The maximum absolute atomic E-state index is 13.6. The second-order valence-corrected chi connectivity index (χ2v) is 11.7. The lowest BCUT2D eigenvalue weighted by molar-refractivity contribution is -0.161. The summed E-state index contributed by atoms with van der Waals surface area (Å²) in [7, 11) is 4.07. The molecule has 2 saturated heterocycles. The molecule has 9 nitrogen and oxygen atoms in total. The van der Waals surface area contributed by atoms with Crippen LogP contribution in [-0.2, 0) is 27.4 Å². The van der Waals surface area contributed by atoms with Crippen LogP contribution in [0, 0.1) is 0 Å². The number of carbonyl (C=O) groups is 3. The standard InChI is InChI=1S/C34H47N5O4/c1-4-22-39-31(40)30(14-8-9-21-35-33(42)43-26-28-11-6-5-7-12-28)36-32(41)34(39)19-24-38(25-20-34)23-10-13-27-15-17-29(18-16-27)37(2)3/h5-7,10-12,15-18,23,30H,4,8-9,13-14,19-22,24-26H2,1-3H3,(H,35,42)(H,36,41)/b23-10+/t30-/m0/s1. The van der Waals surface area contributed by atoms with E-state index in [-0.39, 0.29) is 18.4 Å². The lowest BCUT2D eigenvalue weighted by Gasteiger charge is -2.51. The third-order valence-electron chi connectivity index (χ3n) is 8.41. The average Bonchev–Trinajstić information content (AvgIpc) is 3.02. The van der Waals surface area contributed by atoms with Crippen LogP contribution in [-0.4, -0.2) is 79.6 Å². The summed E-state index contributed by atoms with van der Waals surface area (Å²) in [5, 5.41) is 5.83. The van der Waals surface area contributed by atoms with Crippen LogP contribution in [0.1, 0.15) is 56.6 Å². The molecule has 2 N–H and O–H groups in total. The Labute approximate surface area is 256 Å². The van der Waals surface area contributed by atoms with Crippen LogP contribution < -0.4 is 15.5 Å².